The summed E-state index contributed by atoms with van der Waals surface area (Å²) in [7, 11) is 2.15. The van der Waals surface area contributed by atoms with Crippen LogP contribution in [0.15, 0.2) is 67.5 Å². The van der Waals surface area contributed by atoms with Crippen LogP contribution in [0.2, 0.25) is 0 Å². The summed E-state index contributed by atoms with van der Waals surface area (Å²) in [6.07, 6.45) is 2.86. The van der Waals surface area contributed by atoms with E-state index in [1.807, 2.05) is 30.3 Å². The second kappa shape index (κ2) is 9.43. The number of imidazole rings is 1. The van der Waals surface area contributed by atoms with Crippen molar-refractivity contribution in [3.05, 3.63) is 67.5 Å². The Labute approximate surface area is 203 Å². The highest BCUT2D eigenvalue weighted by molar-refractivity contribution is 5.99. The topological polar surface area (TPSA) is 117 Å². The van der Waals surface area contributed by atoms with Crippen molar-refractivity contribution in [2.75, 3.05) is 54.5 Å². The Balaban J connectivity index is 1.40. The summed E-state index contributed by atoms with van der Waals surface area (Å²) in [4.78, 5) is 29.9. The van der Waals surface area contributed by atoms with Crippen molar-refractivity contribution >= 4 is 45.9 Å². The number of nitrogens with zero attached hydrogens (tertiary/aromatic N) is 6. The summed E-state index contributed by atoms with van der Waals surface area (Å²) < 4.78 is 1.80. The number of rotatable bonds is 6. The Hall–Kier alpha value is -4.44. The van der Waals surface area contributed by atoms with Crippen molar-refractivity contribution in [1.29, 1.82) is 0 Å². The van der Waals surface area contributed by atoms with E-state index < -0.39 is 0 Å². The standard InChI is InChI=1S/C25H27N9O/c1-3-21(35)28-18-5-4-6-20(15-18)34-16-27-22-23(26)30-25(31-24(22)34)29-17-7-9-19(10-8-17)33-13-11-32(2)12-14-33/h3-10,15-16H,1,11-14H2,2H3,(H,28,35)(H3,26,29,30,31). The summed E-state index contributed by atoms with van der Waals surface area (Å²) >= 11 is 0. The quantitative estimate of drug-likeness (QED) is 0.369. The molecule has 1 aliphatic rings. The lowest BCUT2D eigenvalue weighted by Gasteiger charge is -2.34. The van der Waals surface area contributed by atoms with Gasteiger partial charge in [-0.3, -0.25) is 9.36 Å². The number of anilines is 5. The predicted molar refractivity (Wildman–Crippen MR) is 139 cm³/mol. The fourth-order valence-electron chi connectivity index (χ4n) is 4.04. The van der Waals surface area contributed by atoms with Crippen LogP contribution in [0.4, 0.5) is 28.8 Å². The lowest BCUT2D eigenvalue weighted by atomic mass is 10.2. The van der Waals surface area contributed by atoms with Crippen molar-refractivity contribution < 1.29 is 4.79 Å². The van der Waals surface area contributed by atoms with Crippen LogP contribution >= 0.6 is 0 Å². The first-order valence-corrected chi connectivity index (χ1v) is 11.3. The molecule has 2 aromatic carbocycles. The summed E-state index contributed by atoms with van der Waals surface area (Å²) in [5, 5.41) is 6.01. The smallest absolute Gasteiger partial charge is 0.247 e. The maximum Gasteiger partial charge on any atom is 0.247 e. The zero-order chi connectivity index (χ0) is 24.4. The summed E-state index contributed by atoms with van der Waals surface area (Å²) in [5.74, 6) is 0.371. The molecule has 4 N–H and O–H groups in total. The van der Waals surface area contributed by atoms with Gasteiger partial charge >= 0.3 is 0 Å². The highest BCUT2D eigenvalue weighted by Gasteiger charge is 2.15. The van der Waals surface area contributed by atoms with Gasteiger partial charge < -0.3 is 26.2 Å². The number of piperazine rings is 1. The van der Waals surface area contributed by atoms with Gasteiger partial charge in [-0.1, -0.05) is 12.6 Å². The molecular weight excluding hydrogens is 442 g/mol. The van der Waals surface area contributed by atoms with E-state index in [2.05, 4.69) is 61.1 Å². The third kappa shape index (κ3) is 4.78. The van der Waals surface area contributed by atoms with Gasteiger partial charge in [-0.25, -0.2) is 4.98 Å². The molecule has 10 heteroatoms. The fourth-order valence-corrected chi connectivity index (χ4v) is 4.04. The molecule has 1 fully saturated rings. The zero-order valence-corrected chi connectivity index (χ0v) is 19.5. The SMILES string of the molecule is C=CC(=O)Nc1cccc(-n2cnc3c(N)nc(Nc4ccc(N5CCN(C)CC5)cc4)nc32)c1. The molecular formula is C25H27N9O. The summed E-state index contributed by atoms with van der Waals surface area (Å²) in [6.45, 7) is 7.64. The average Bonchev–Trinajstić information content (AvgIpc) is 3.30. The third-order valence-electron chi connectivity index (χ3n) is 5.99. The molecule has 4 aromatic rings. The number of likely N-dealkylation sites (N-methyl/N-ethyl adjacent to an activating group) is 1. The largest absolute Gasteiger partial charge is 0.382 e. The van der Waals surface area contributed by atoms with Crippen LogP contribution in [0, 0.1) is 0 Å². The molecule has 2 aromatic heterocycles. The van der Waals surface area contributed by atoms with E-state index in [1.54, 1.807) is 17.0 Å². The average molecular weight is 470 g/mol. The van der Waals surface area contributed by atoms with Gasteiger partial charge in [0.05, 0.1) is 5.69 Å². The molecule has 0 bridgehead atoms. The van der Waals surface area contributed by atoms with E-state index in [4.69, 9.17) is 5.73 Å². The van der Waals surface area contributed by atoms with Crippen LogP contribution in [0.5, 0.6) is 0 Å². The number of benzene rings is 2. The van der Waals surface area contributed by atoms with Crippen molar-refractivity contribution in [2.45, 2.75) is 0 Å². The molecule has 0 atom stereocenters. The number of nitrogens with two attached hydrogens (primary N) is 1. The normalized spacial score (nSPS) is 14.1. The van der Waals surface area contributed by atoms with Gasteiger partial charge in [0.1, 0.15) is 6.33 Å². The highest BCUT2D eigenvalue weighted by Crippen LogP contribution is 2.26. The summed E-state index contributed by atoms with van der Waals surface area (Å²) in [6, 6.07) is 15.6. The Bertz CT molecular complexity index is 1370. The van der Waals surface area contributed by atoms with Crippen molar-refractivity contribution in [2.24, 2.45) is 0 Å². The van der Waals surface area contributed by atoms with Crippen LogP contribution in [-0.2, 0) is 4.79 Å². The molecule has 1 amide bonds. The van der Waals surface area contributed by atoms with Crippen molar-refractivity contribution in [3.8, 4) is 5.69 Å². The number of hydrogen-bond acceptors (Lipinski definition) is 8. The van der Waals surface area contributed by atoms with E-state index >= 15 is 0 Å². The van der Waals surface area contributed by atoms with Crippen LogP contribution in [0.25, 0.3) is 16.9 Å². The first-order valence-electron chi connectivity index (χ1n) is 11.3. The van der Waals surface area contributed by atoms with Gasteiger partial charge in [0.2, 0.25) is 11.9 Å². The molecule has 3 heterocycles. The lowest BCUT2D eigenvalue weighted by molar-refractivity contribution is -0.111. The number of nitrogen functional groups attached to an aromatic ring is 1. The molecule has 0 aliphatic carbocycles. The molecule has 0 saturated carbocycles. The maximum absolute atomic E-state index is 11.7. The highest BCUT2D eigenvalue weighted by atomic mass is 16.1. The van der Waals surface area contributed by atoms with Gasteiger partial charge in [0.25, 0.3) is 0 Å². The number of aromatic nitrogens is 4. The molecule has 5 rings (SSSR count). The Kier molecular flexibility index (Phi) is 6.02. The first kappa shape index (κ1) is 22.4. The molecule has 178 valence electrons. The van der Waals surface area contributed by atoms with Crippen LogP contribution in [0.3, 0.4) is 0 Å². The second-order valence-corrected chi connectivity index (χ2v) is 8.43. The first-order chi connectivity index (χ1) is 17.0. The van der Waals surface area contributed by atoms with Crippen LogP contribution in [-0.4, -0.2) is 63.6 Å². The number of carbonyl (C=O) groups is 1. The number of carbonyl (C=O) groups excluding carboxylic acids is 1. The number of fused-ring (bicyclic) bond motifs is 1. The van der Waals surface area contributed by atoms with Crippen molar-refractivity contribution in [3.63, 3.8) is 0 Å². The third-order valence-corrected chi connectivity index (χ3v) is 5.99. The summed E-state index contributed by atoms with van der Waals surface area (Å²) in [5.41, 5.74) is 10.7. The van der Waals surface area contributed by atoms with Gasteiger partial charge in [-0.2, -0.15) is 9.97 Å². The monoisotopic (exact) mass is 469 g/mol. The van der Waals surface area contributed by atoms with E-state index in [1.165, 1.54) is 11.8 Å². The van der Waals surface area contributed by atoms with E-state index in [0.29, 0.717) is 22.8 Å². The van der Waals surface area contributed by atoms with Crippen LogP contribution in [0.1, 0.15) is 0 Å². The minimum absolute atomic E-state index is 0.279. The zero-order valence-electron chi connectivity index (χ0n) is 19.5. The van der Waals surface area contributed by atoms with E-state index in [9.17, 15) is 4.79 Å². The van der Waals surface area contributed by atoms with Crippen LogP contribution < -0.4 is 21.3 Å². The number of amides is 1. The number of hydrogen-bond donors (Lipinski definition) is 3. The molecule has 1 saturated heterocycles. The minimum atomic E-state index is -0.283. The van der Waals surface area contributed by atoms with Gasteiger partial charge in [0, 0.05) is 43.2 Å². The molecule has 1 aliphatic heterocycles. The Morgan fingerprint density at radius 2 is 1.80 bits per heavy atom. The van der Waals surface area contributed by atoms with Crippen molar-refractivity contribution in [1.82, 2.24) is 24.4 Å². The fraction of sp³-hybridized carbons (Fsp3) is 0.200. The minimum Gasteiger partial charge on any atom is -0.382 e. The second-order valence-electron chi connectivity index (χ2n) is 8.43. The van der Waals surface area contributed by atoms with E-state index in [0.717, 1.165) is 37.6 Å². The maximum atomic E-state index is 11.7. The molecule has 35 heavy (non-hydrogen) atoms. The number of nitrogens with one attached hydrogen (secondary N) is 2. The molecule has 0 unspecified atom stereocenters. The lowest BCUT2D eigenvalue weighted by Crippen LogP contribution is -2.44. The van der Waals surface area contributed by atoms with Gasteiger partial charge in [0.15, 0.2) is 17.0 Å². The molecule has 0 radical (unpaired) electrons. The van der Waals surface area contributed by atoms with E-state index in [-0.39, 0.29) is 11.7 Å². The molecule has 0 spiro atoms. The Morgan fingerprint density at radius 3 is 2.54 bits per heavy atom. The predicted octanol–water partition coefficient (Wildman–Crippen LogP) is 3.02. The molecule has 10 nitrogen and oxygen atoms in total. The Morgan fingerprint density at radius 1 is 1.03 bits per heavy atom. The van der Waals surface area contributed by atoms with Gasteiger partial charge in [-0.15, -0.1) is 0 Å². The van der Waals surface area contributed by atoms with Gasteiger partial charge in [-0.05, 0) is 55.6 Å².